The molecule has 2 heterocycles. The fraction of sp³-hybridized carbons (Fsp3) is 0.292. The number of carbonyl (C=O) groups is 2. The van der Waals surface area contributed by atoms with E-state index in [0.717, 1.165) is 6.07 Å². The molecule has 0 spiro atoms. The Labute approximate surface area is 215 Å². The van der Waals surface area contributed by atoms with Crippen LogP contribution in [-0.4, -0.2) is 46.4 Å². The maximum absolute atomic E-state index is 13.3. The molecule has 1 fully saturated rings. The number of amides is 2. The lowest BCUT2D eigenvalue weighted by Gasteiger charge is -2.17. The first-order chi connectivity index (χ1) is 17.5. The number of carbonyl (C=O) groups excluding carboxylic acids is 2. The molecule has 4 rings (SSSR count). The van der Waals surface area contributed by atoms with Gasteiger partial charge in [0, 0.05) is 31.5 Å². The predicted octanol–water partition coefficient (Wildman–Crippen LogP) is 3.93. The average Bonchev–Trinajstić information content (AvgIpc) is 3.64. The summed E-state index contributed by atoms with van der Waals surface area (Å²) >= 11 is 5.71. The Bertz CT molecular complexity index is 1300. The van der Waals surface area contributed by atoms with Gasteiger partial charge in [-0.2, -0.15) is 13.2 Å². The summed E-state index contributed by atoms with van der Waals surface area (Å²) < 4.78 is 39.9. The van der Waals surface area contributed by atoms with Gasteiger partial charge in [0.1, 0.15) is 5.54 Å². The van der Waals surface area contributed by atoms with Crippen LogP contribution >= 0.6 is 11.6 Å². The number of nitrogens with one attached hydrogen (secondary N) is 3. The third kappa shape index (κ3) is 6.26. The smallest absolute Gasteiger partial charge is 0.354 e. The molecule has 3 aromatic rings. The molecule has 9 nitrogen and oxygen atoms in total. The topological polar surface area (TPSA) is 112 Å². The van der Waals surface area contributed by atoms with Crippen molar-refractivity contribution >= 4 is 40.7 Å². The number of nitrogens with zero attached hydrogens (tertiary/aromatic N) is 4. The summed E-state index contributed by atoms with van der Waals surface area (Å²) in [6, 6.07) is 6.57. The highest BCUT2D eigenvalue weighted by atomic mass is 35.5. The Balaban J connectivity index is 1.33. The van der Waals surface area contributed by atoms with Crippen LogP contribution in [0.4, 0.5) is 30.5 Å². The largest absolute Gasteiger partial charge is 0.418 e. The van der Waals surface area contributed by atoms with Gasteiger partial charge in [-0.15, -0.1) is 0 Å². The van der Waals surface area contributed by atoms with Crippen molar-refractivity contribution in [2.75, 3.05) is 24.3 Å². The van der Waals surface area contributed by atoms with E-state index in [9.17, 15) is 22.8 Å². The normalized spacial score (nSPS) is 14.0. The summed E-state index contributed by atoms with van der Waals surface area (Å²) in [5, 5.41) is 8.16. The van der Waals surface area contributed by atoms with E-state index >= 15 is 0 Å². The van der Waals surface area contributed by atoms with Crippen LogP contribution in [0.1, 0.15) is 34.5 Å². The van der Waals surface area contributed by atoms with Crippen LogP contribution in [0.25, 0.3) is 0 Å². The molecule has 0 unspecified atom stereocenters. The third-order valence-corrected chi connectivity index (χ3v) is 5.89. The molecule has 0 bridgehead atoms. The third-order valence-electron chi connectivity index (χ3n) is 5.66. The number of pyridine rings is 1. The summed E-state index contributed by atoms with van der Waals surface area (Å²) in [5.74, 6) is -0.350. The van der Waals surface area contributed by atoms with Crippen molar-refractivity contribution < 1.29 is 22.8 Å². The van der Waals surface area contributed by atoms with E-state index in [1.807, 2.05) is 0 Å². The molecule has 0 atom stereocenters. The molecule has 2 aromatic heterocycles. The molecular formula is C24H23ClF3N7O2. The number of alkyl halides is 3. The van der Waals surface area contributed by atoms with Crippen molar-refractivity contribution in [3.05, 3.63) is 70.8 Å². The number of anilines is 3. The fourth-order valence-electron chi connectivity index (χ4n) is 3.45. The first kappa shape index (κ1) is 26.1. The zero-order chi connectivity index (χ0) is 26.8. The minimum Gasteiger partial charge on any atom is -0.354 e. The van der Waals surface area contributed by atoms with Gasteiger partial charge in [-0.3, -0.25) is 14.6 Å². The van der Waals surface area contributed by atoms with E-state index in [4.69, 9.17) is 11.6 Å². The van der Waals surface area contributed by atoms with Crippen LogP contribution in [-0.2, 0) is 17.5 Å². The highest BCUT2D eigenvalue weighted by Gasteiger charge is 2.51. The van der Waals surface area contributed by atoms with E-state index in [1.165, 1.54) is 30.7 Å². The Hall–Kier alpha value is -3.93. The molecule has 0 saturated heterocycles. The Morgan fingerprint density at radius 3 is 2.32 bits per heavy atom. The summed E-state index contributed by atoms with van der Waals surface area (Å²) in [6.07, 6.45) is 0.546. The van der Waals surface area contributed by atoms with Crippen LogP contribution in [0.3, 0.4) is 0 Å². The van der Waals surface area contributed by atoms with Crippen molar-refractivity contribution in [3.63, 3.8) is 0 Å². The van der Waals surface area contributed by atoms with Gasteiger partial charge in [0.25, 0.3) is 5.91 Å². The van der Waals surface area contributed by atoms with Gasteiger partial charge in [-0.25, -0.2) is 9.97 Å². The second-order valence-electron chi connectivity index (χ2n) is 8.74. The van der Waals surface area contributed by atoms with Crippen LogP contribution in [0.15, 0.2) is 48.9 Å². The summed E-state index contributed by atoms with van der Waals surface area (Å²) in [4.78, 5) is 39.4. The molecule has 1 aliphatic carbocycles. The fourth-order valence-corrected chi connectivity index (χ4v) is 3.62. The SMILES string of the molecule is CN(C)c1ncc(C(=O)NC2(C(=O)NCc3ccc(Nc4ccc(Cl)cc4C(F)(F)F)cn3)CC2)cn1. The monoisotopic (exact) mass is 533 g/mol. The number of rotatable bonds is 8. The zero-order valence-corrected chi connectivity index (χ0v) is 20.6. The molecule has 0 radical (unpaired) electrons. The maximum Gasteiger partial charge on any atom is 0.418 e. The first-order valence-electron chi connectivity index (χ1n) is 11.2. The lowest BCUT2D eigenvalue weighted by Crippen LogP contribution is -2.48. The molecule has 0 aliphatic heterocycles. The highest BCUT2D eigenvalue weighted by Crippen LogP contribution is 2.38. The second kappa shape index (κ2) is 10.2. The van der Waals surface area contributed by atoms with E-state index in [-0.39, 0.29) is 28.7 Å². The Morgan fingerprint density at radius 2 is 1.76 bits per heavy atom. The second-order valence-corrected chi connectivity index (χ2v) is 9.17. The van der Waals surface area contributed by atoms with Crippen LogP contribution in [0.2, 0.25) is 5.02 Å². The minimum atomic E-state index is -4.58. The molecule has 3 N–H and O–H groups in total. The lowest BCUT2D eigenvalue weighted by molar-refractivity contribution is -0.137. The van der Waals surface area contributed by atoms with Crippen LogP contribution < -0.4 is 20.9 Å². The molecule has 37 heavy (non-hydrogen) atoms. The van der Waals surface area contributed by atoms with E-state index in [1.54, 1.807) is 31.1 Å². The van der Waals surface area contributed by atoms with Gasteiger partial charge < -0.3 is 20.9 Å². The van der Waals surface area contributed by atoms with Gasteiger partial charge in [-0.05, 0) is 43.2 Å². The zero-order valence-electron chi connectivity index (χ0n) is 19.9. The molecular weight excluding hydrogens is 511 g/mol. The van der Waals surface area contributed by atoms with Gasteiger partial charge >= 0.3 is 6.18 Å². The molecule has 194 valence electrons. The summed E-state index contributed by atoms with van der Waals surface area (Å²) in [6.45, 7) is 0.0755. The number of halogens is 4. The van der Waals surface area contributed by atoms with Crippen molar-refractivity contribution in [2.45, 2.75) is 31.1 Å². The molecule has 1 saturated carbocycles. The van der Waals surface area contributed by atoms with Gasteiger partial charge in [0.15, 0.2) is 0 Å². The minimum absolute atomic E-state index is 0.0257. The number of hydrogen-bond donors (Lipinski definition) is 3. The maximum atomic E-state index is 13.3. The predicted molar refractivity (Wildman–Crippen MR) is 132 cm³/mol. The molecule has 1 aliphatic rings. The average molecular weight is 534 g/mol. The number of benzene rings is 1. The van der Waals surface area contributed by atoms with Crippen molar-refractivity contribution in [1.29, 1.82) is 0 Å². The quantitative estimate of drug-likeness (QED) is 0.402. The highest BCUT2D eigenvalue weighted by molar-refractivity contribution is 6.30. The van der Waals surface area contributed by atoms with E-state index in [2.05, 4.69) is 30.9 Å². The number of aromatic nitrogens is 3. The van der Waals surface area contributed by atoms with Gasteiger partial charge in [0.2, 0.25) is 11.9 Å². The van der Waals surface area contributed by atoms with Crippen molar-refractivity contribution in [3.8, 4) is 0 Å². The summed E-state index contributed by atoms with van der Waals surface area (Å²) in [5.41, 5.74) is -1.01. The van der Waals surface area contributed by atoms with Crippen LogP contribution in [0, 0.1) is 0 Å². The van der Waals surface area contributed by atoms with Gasteiger partial charge in [0.05, 0.1) is 40.9 Å². The molecule has 1 aromatic carbocycles. The van der Waals surface area contributed by atoms with Crippen molar-refractivity contribution in [2.24, 2.45) is 0 Å². The molecule has 2 amide bonds. The van der Waals surface area contributed by atoms with E-state index in [0.29, 0.717) is 30.2 Å². The molecule has 13 heteroatoms. The number of hydrogen-bond acceptors (Lipinski definition) is 7. The van der Waals surface area contributed by atoms with Crippen molar-refractivity contribution in [1.82, 2.24) is 25.6 Å². The standard InChI is InChI=1S/C24H23ClF3N7O2/c1-35(2)22-31-10-14(11-32-22)20(36)34-23(7-8-23)21(37)30-12-16-4-5-17(13-29-16)33-19-6-3-15(25)9-18(19)24(26,27)28/h3-6,9-11,13,33H,7-8,12H2,1-2H3,(H,30,37)(H,34,36). The summed E-state index contributed by atoms with van der Waals surface area (Å²) in [7, 11) is 3.56. The van der Waals surface area contributed by atoms with Gasteiger partial charge in [-0.1, -0.05) is 11.6 Å². The first-order valence-corrected chi connectivity index (χ1v) is 11.5. The Kier molecular flexibility index (Phi) is 7.21. The van der Waals surface area contributed by atoms with Crippen LogP contribution in [0.5, 0.6) is 0 Å². The lowest BCUT2D eigenvalue weighted by atomic mass is 10.1. The van der Waals surface area contributed by atoms with E-state index < -0.39 is 23.2 Å². The Morgan fingerprint density at radius 1 is 1.05 bits per heavy atom.